The number of halogens is 2. The number of nitrogens with one attached hydrogen (secondary N) is 1. The van der Waals surface area contributed by atoms with Crippen LogP contribution in [0.4, 0.5) is 11.4 Å². The number of para-hydroxylation sites is 1. The minimum absolute atomic E-state index is 0. The number of ether oxygens (including phenoxy) is 2. The van der Waals surface area contributed by atoms with E-state index in [1.165, 1.54) is 0 Å². The average Bonchev–Trinajstić information content (AvgIpc) is 2.55. The molecule has 0 aliphatic rings. The number of carbonyl (C=O) groups is 1. The molecule has 0 atom stereocenters. The van der Waals surface area contributed by atoms with E-state index in [0.717, 1.165) is 5.56 Å². The zero-order valence-electron chi connectivity index (χ0n) is 13.4. The van der Waals surface area contributed by atoms with Crippen molar-refractivity contribution in [3.05, 3.63) is 57.6 Å². The molecule has 7 heteroatoms. The van der Waals surface area contributed by atoms with Crippen LogP contribution in [-0.2, 0) is 9.47 Å². The molecule has 0 fully saturated rings. The molecule has 2 aromatic rings. The van der Waals surface area contributed by atoms with Crippen LogP contribution < -0.4 is 5.32 Å². The Morgan fingerprint density at radius 3 is 2.58 bits per heavy atom. The van der Waals surface area contributed by atoms with Gasteiger partial charge in [-0.25, -0.2) is 4.79 Å². The maximum Gasteiger partial charge on any atom is 0.342 e. The summed E-state index contributed by atoms with van der Waals surface area (Å²) in [6.45, 7) is 4.09. The van der Waals surface area contributed by atoms with E-state index in [4.69, 9.17) is 32.7 Å². The molecular formula is C17H17Cl2NO3Pb. The van der Waals surface area contributed by atoms with Gasteiger partial charge in [0.15, 0.2) is 6.79 Å². The molecule has 0 saturated carbocycles. The first-order valence-electron chi connectivity index (χ1n) is 7.10. The molecule has 4 radical (unpaired) electrons. The van der Waals surface area contributed by atoms with Gasteiger partial charge in [-0.15, -0.1) is 0 Å². The van der Waals surface area contributed by atoms with Gasteiger partial charge >= 0.3 is 5.97 Å². The third kappa shape index (κ3) is 5.34. The number of hydrogen-bond donors (Lipinski definition) is 1. The predicted octanol–water partition coefficient (Wildman–Crippen LogP) is 4.82. The van der Waals surface area contributed by atoms with Crippen LogP contribution in [0.3, 0.4) is 0 Å². The molecule has 2 aromatic carbocycles. The second kappa shape index (κ2) is 10.2. The van der Waals surface area contributed by atoms with Crippen molar-refractivity contribution >= 4 is 67.8 Å². The first kappa shape index (κ1) is 21.2. The first-order chi connectivity index (χ1) is 11.0. The molecule has 0 spiro atoms. The second-order valence-electron chi connectivity index (χ2n) is 4.77. The normalized spacial score (nSPS) is 10.0. The number of anilines is 2. The zero-order valence-corrected chi connectivity index (χ0v) is 18.8. The molecule has 126 valence electrons. The summed E-state index contributed by atoms with van der Waals surface area (Å²) in [4.78, 5) is 12.2. The molecule has 0 saturated heterocycles. The number of aryl methyl sites for hydroxylation is 1. The molecule has 4 nitrogen and oxygen atoms in total. The van der Waals surface area contributed by atoms with E-state index in [2.05, 4.69) is 5.32 Å². The Bertz CT molecular complexity index is 710. The van der Waals surface area contributed by atoms with Crippen molar-refractivity contribution < 1.29 is 14.3 Å². The zero-order chi connectivity index (χ0) is 16.8. The number of rotatable bonds is 6. The Morgan fingerprint density at radius 1 is 1.17 bits per heavy atom. The van der Waals surface area contributed by atoms with Crippen molar-refractivity contribution in [2.75, 3.05) is 18.7 Å². The Labute approximate surface area is 171 Å². The van der Waals surface area contributed by atoms with Crippen LogP contribution in [0.5, 0.6) is 0 Å². The molecule has 2 rings (SSSR count). The standard InChI is InChI=1S/C17H17Cl2NO3.Pb/c1-3-22-10-23-17(21)12-6-4-5-7-14(12)20-16-13(18)9-8-11(2)15(16)19;/h4-9,20H,3,10H2,1-2H3;. The molecule has 0 aliphatic heterocycles. The Morgan fingerprint density at radius 2 is 1.88 bits per heavy atom. The Balaban J connectivity index is 0.00000288. The van der Waals surface area contributed by atoms with Crippen molar-refractivity contribution in [2.24, 2.45) is 0 Å². The second-order valence-corrected chi connectivity index (χ2v) is 5.55. The smallest absolute Gasteiger partial charge is 0.342 e. The van der Waals surface area contributed by atoms with Crippen molar-refractivity contribution in [2.45, 2.75) is 13.8 Å². The molecule has 1 N–H and O–H groups in total. The van der Waals surface area contributed by atoms with Gasteiger partial charge in [0.05, 0.1) is 27.0 Å². The number of esters is 1. The van der Waals surface area contributed by atoms with Crippen molar-refractivity contribution in [3.63, 3.8) is 0 Å². The monoisotopic (exact) mass is 561 g/mol. The summed E-state index contributed by atoms with van der Waals surface area (Å²) in [5.41, 5.74) is 2.37. The molecule has 0 aliphatic carbocycles. The fourth-order valence-corrected chi connectivity index (χ4v) is 2.40. The fourth-order valence-electron chi connectivity index (χ4n) is 1.93. The summed E-state index contributed by atoms with van der Waals surface area (Å²) < 4.78 is 10.1. The molecule has 0 heterocycles. The van der Waals surface area contributed by atoms with Gasteiger partial charge in [-0.1, -0.05) is 41.4 Å². The van der Waals surface area contributed by atoms with E-state index < -0.39 is 5.97 Å². The summed E-state index contributed by atoms with van der Waals surface area (Å²) in [7, 11) is 0. The van der Waals surface area contributed by atoms with Crippen LogP contribution >= 0.6 is 23.2 Å². The van der Waals surface area contributed by atoms with Crippen molar-refractivity contribution in [3.8, 4) is 0 Å². The van der Waals surface area contributed by atoms with E-state index >= 15 is 0 Å². The average molecular weight is 561 g/mol. The van der Waals surface area contributed by atoms with Crippen molar-refractivity contribution in [1.29, 1.82) is 0 Å². The van der Waals surface area contributed by atoms with Crippen LogP contribution in [0.15, 0.2) is 36.4 Å². The summed E-state index contributed by atoms with van der Waals surface area (Å²) >= 11 is 12.5. The fraction of sp³-hybridized carbons (Fsp3) is 0.235. The van der Waals surface area contributed by atoms with E-state index in [1.807, 2.05) is 19.9 Å². The van der Waals surface area contributed by atoms with Crippen LogP contribution in [0, 0.1) is 6.92 Å². The maximum atomic E-state index is 12.2. The molecule has 0 bridgehead atoms. The SMILES string of the molecule is CCOCOC(=O)c1ccccc1Nc1c(Cl)ccc(C)c1Cl.[Pb]. The van der Waals surface area contributed by atoms with Crippen LogP contribution in [-0.4, -0.2) is 46.7 Å². The number of hydrogen-bond acceptors (Lipinski definition) is 4. The van der Waals surface area contributed by atoms with Crippen LogP contribution in [0.2, 0.25) is 10.0 Å². The van der Waals surface area contributed by atoms with Crippen molar-refractivity contribution in [1.82, 2.24) is 0 Å². The van der Waals surface area contributed by atoms with Gasteiger partial charge in [-0.2, -0.15) is 0 Å². The van der Waals surface area contributed by atoms with Gasteiger partial charge in [-0.05, 0) is 37.6 Å². The first-order valence-corrected chi connectivity index (χ1v) is 7.85. The van der Waals surface area contributed by atoms with Gasteiger partial charge < -0.3 is 14.8 Å². The minimum Gasteiger partial charge on any atom is -0.435 e. The van der Waals surface area contributed by atoms with Gasteiger partial charge in [0.1, 0.15) is 0 Å². The predicted molar refractivity (Wildman–Crippen MR) is 98.6 cm³/mol. The molecule has 0 amide bonds. The van der Waals surface area contributed by atoms with E-state index in [1.54, 1.807) is 30.3 Å². The van der Waals surface area contributed by atoms with E-state index in [9.17, 15) is 4.79 Å². The Hall–Kier alpha value is -0.828. The summed E-state index contributed by atoms with van der Waals surface area (Å²) in [6, 6.07) is 10.6. The molecule has 24 heavy (non-hydrogen) atoms. The van der Waals surface area contributed by atoms with E-state index in [-0.39, 0.29) is 34.1 Å². The van der Waals surface area contributed by atoms with Gasteiger partial charge in [-0.3, -0.25) is 0 Å². The quantitative estimate of drug-likeness (QED) is 0.238. The number of carbonyl (C=O) groups excluding carboxylic acids is 1. The molecular weight excluding hydrogens is 544 g/mol. The van der Waals surface area contributed by atoms with Gasteiger partial charge in [0, 0.05) is 33.9 Å². The summed E-state index contributed by atoms with van der Waals surface area (Å²) in [6.07, 6.45) is 0. The van der Waals surface area contributed by atoms with Crippen LogP contribution in [0.1, 0.15) is 22.8 Å². The number of benzene rings is 2. The van der Waals surface area contributed by atoms with Gasteiger partial charge in [0.2, 0.25) is 0 Å². The minimum atomic E-state index is -0.485. The summed E-state index contributed by atoms with van der Waals surface area (Å²) in [5.74, 6) is -0.485. The van der Waals surface area contributed by atoms with Gasteiger partial charge in [0.25, 0.3) is 0 Å². The van der Waals surface area contributed by atoms with Crippen LogP contribution in [0.25, 0.3) is 0 Å². The summed E-state index contributed by atoms with van der Waals surface area (Å²) in [5, 5.41) is 4.10. The Kier molecular flexibility index (Phi) is 9.04. The molecule has 0 aromatic heterocycles. The third-order valence-electron chi connectivity index (χ3n) is 3.17. The van der Waals surface area contributed by atoms with E-state index in [0.29, 0.717) is 33.6 Å². The maximum absolute atomic E-state index is 12.2. The largest absolute Gasteiger partial charge is 0.435 e. The third-order valence-corrected chi connectivity index (χ3v) is 3.97. The molecule has 0 unspecified atom stereocenters. The topological polar surface area (TPSA) is 47.6 Å².